The van der Waals surface area contributed by atoms with Crippen LogP contribution in [-0.4, -0.2) is 38.1 Å². The molecule has 1 atom stereocenters. The highest BCUT2D eigenvalue weighted by Crippen LogP contribution is 2.31. The number of carbonyl (C=O) groups is 1. The highest BCUT2D eigenvalue weighted by Gasteiger charge is 2.25. The average molecular weight is 444 g/mol. The summed E-state index contributed by atoms with van der Waals surface area (Å²) in [7, 11) is 1.74. The SMILES string of the molecule is Cn1ncc2cccc(-c3nn(C(F)F)cc3C(=O)NC(CCN)CC3=COOC=C3)c21. The summed E-state index contributed by atoms with van der Waals surface area (Å²) in [5.41, 5.74) is 7.91. The Hall–Kier alpha value is -3.73. The zero-order valence-electron chi connectivity index (χ0n) is 17.2. The Morgan fingerprint density at radius 3 is 2.88 bits per heavy atom. The number of fused-ring (bicyclic) bond motifs is 1. The van der Waals surface area contributed by atoms with Crippen molar-refractivity contribution < 1.29 is 23.4 Å². The van der Waals surface area contributed by atoms with Crippen molar-refractivity contribution in [2.24, 2.45) is 12.8 Å². The number of aromatic nitrogens is 4. The molecule has 0 radical (unpaired) electrons. The van der Waals surface area contributed by atoms with Gasteiger partial charge in [-0.3, -0.25) is 19.3 Å². The van der Waals surface area contributed by atoms with Gasteiger partial charge in [-0.2, -0.15) is 19.0 Å². The number of nitrogens with two attached hydrogens (primary N) is 1. The number of carbonyl (C=O) groups excluding carboxylic acids is 1. The first-order valence-corrected chi connectivity index (χ1v) is 9.95. The Bertz CT molecular complexity index is 1180. The lowest BCUT2D eigenvalue weighted by molar-refractivity contribution is -0.199. The first kappa shape index (κ1) is 21.5. The van der Waals surface area contributed by atoms with Gasteiger partial charge in [-0.25, -0.2) is 4.68 Å². The second kappa shape index (κ2) is 9.18. The maximum Gasteiger partial charge on any atom is 0.333 e. The van der Waals surface area contributed by atoms with E-state index in [1.165, 1.54) is 12.5 Å². The Morgan fingerprint density at radius 1 is 1.31 bits per heavy atom. The van der Waals surface area contributed by atoms with E-state index in [9.17, 15) is 13.6 Å². The highest BCUT2D eigenvalue weighted by atomic mass is 19.3. The van der Waals surface area contributed by atoms with E-state index in [0.717, 1.165) is 17.2 Å². The summed E-state index contributed by atoms with van der Waals surface area (Å²) in [5.74, 6) is -0.526. The monoisotopic (exact) mass is 444 g/mol. The molecular weight excluding hydrogens is 422 g/mol. The van der Waals surface area contributed by atoms with Crippen molar-refractivity contribution in [2.75, 3.05) is 6.54 Å². The summed E-state index contributed by atoms with van der Waals surface area (Å²) in [6, 6.07) is 5.00. The number of aryl methyl sites for hydroxylation is 1. The van der Waals surface area contributed by atoms with Gasteiger partial charge >= 0.3 is 6.55 Å². The summed E-state index contributed by atoms with van der Waals surface area (Å²) in [4.78, 5) is 22.7. The average Bonchev–Trinajstić information content (AvgIpc) is 3.39. The molecule has 4 rings (SSSR count). The zero-order valence-corrected chi connectivity index (χ0v) is 17.2. The minimum absolute atomic E-state index is 0.0359. The lowest BCUT2D eigenvalue weighted by Gasteiger charge is -2.19. The van der Waals surface area contributed by atoms with Crippen molar-refractivity contribution in [3.05, 3.63) is 60.3 Å². The third kappa shape index (κ3) is 4.33. The van der Waals surface area contributed by atoms with Crippen LogP contribution in [0.15, 0.2) is 54.8 Å². The van der Waals surface area contributed by atoms with E-state index in [1.54, 1.807) is 36.1 Å². The number of hydrogen-bond donors (Lipinski definition) is 2. The van der Waals surface area contributed by atoms with E-state index in [0.29, 0.717) is 35.1 Å². The van der Waals surface area contributed by atoms with Crippen molar-refractivity contribution in [3.63, 3.8) is 0 Å². The zero-order chi connectivity index (χ0) is 22.7. The first-order chi connectivity index (χ1) is 15.5. The fraction of sp³-hybridized carbons (Fsp3) is 0.286. The van der Waals surface area contributed by atoms with Crippen LogP contribution >= 0.6 is 0 Å². The maximum atomic E-state index is 13.5. The number of nitrogens with zero attached hydrogens (tertiary/aromatic N) is 4. The van der Waals surface area contributed by atoms with E-state index in [-0.39, 0.29) is 17.3 Å². The number of allylic oxidation sites excluding steroid dienone is 1. The molecule has 32 heavy (non-hydrogen) atoms. The van der Waals surface area contributed by atoms with Crippen molar-refractivity contribution in [3.8, 4) is 11.3 Å². The van der Waals surface area contributed by atoms with E-state index in [2.05, 4.69) is 20.4 Å². The molecule has 168 valence electrons. The van der Waals surface area contributed by atoms with Gasteiger partial charge in [0.25, 0.3) is 5.91 Å². The summed E-state index contributed by atoms with van der Waals surface area (Å²) in [6.07, 6.45) is 8.15. The second-order valence-electron chi connectivity index (χ2n) is 7.30. The van der Waals surface area contributed by atoms with Gasteiger partial charge in [-0.15, -0.1) is 0 Å². The van der Waals surface area contributed by atoms with Crippen LogP contribution in [0.25, 0.3) is 22.2 Å². The number of benzene rings is 1. The number of rotatable bonds is 8. The molecule has 11 heteroatoms. The van der Waals surface area contributed by atoms with Crippen LogP contribution in [0, 0.1) is 0 Å². The molecule has 0 bridgehead atoms. The Balaban J connectivity index is 1.69. The van der Waals surface area contributed by atoms with E-state index in [1.807, 2.05) is 6.07 Å². The lowest BCUT2D eigenvalue weighted by atomic mass is 10.0. The van der Waals surface area contributed by atoms with Gasteiger partial charge in [0, 0.05) is 30.2 Å². The summed E-state index contributed by atoms with van der Waals surface area (Å²) in [6.45, 7) is -2.56. The molecule has 0 spiro atoms. The summed E-state index contributed by atoms with van der Waals surface area (Å²) >= 11 is 0. The molecule has 1 aliphatic rings. The third-order valence-corrected chi connectivity index (χ3v) is 5.12. The standard InChI is InChI=1S/C21H22F2N6O3/c1-28-19-14(10-25-28)3-2-4-16(19)18-17(11-29(27-18)21(22)23)20(30)26-15(5-7-24)9-13-6-8-31-32-12-13/h2-4,6,8,10-12,15,21H,5,7,9,24H2,1H3,(H,26,30). The molecule has 0 aliphatic carbocycles. The number of para-hydroxylation sites is 1. The Kier molecular flexibility index (Phi) is 6.17. The van der Waals surface area contributed by atoms with Crippen LogP contribution < -0.4 is 11.1 Å². The van der Waals surface area contributed by atoms with Crippen LogP contribution in [0.4, 0.5) is 8.78 Å². The quantitative estimate of drug-likeness (QED) is 0.517. The molecule has 3 heterocycles. The van der Waals surface area contributed by atoms with Gasteiger partial charge < -0.3 is 11.1 Å². The van der Waals surface area contributed by atoms with Gasteiger partial charge in [0.05, 0.1) is 17.3 Å². The minimum atomic E-state index is -2.89. The van der Waals surface area contributed by atoms with Crippen molar-refractivity contribution >= 4 is 16.8 Å². The fourth-order valence-corrected chi connectivity index (χ4v) is 3.65. The molecule has 1 unspecified atom stereocenters. The van der Waals surface area contributed by atoms with E-state index in [4.69, 9.17) is 10.6 Å². The smallest absolute Gasteiger partial charge is 0.333 e. The van der Waals surface area contributed by atoms with Crippen LogP contribution in [0.5, 0.6) is 0 Å². The van der Waals surface area contributed by atoms with E-state index < -0.39 is 12.5 Å². The minimum Gasteiger partial charge on any atom is -0.349 e. The molecule has 0 saturated heterocycles. The predicted octanol–water partition coefficient (Wildman–Crippen LogP) is 3.03. The van der Waals surface area contributed by atoms with Crippen LogP contribution in [0.3, 0.4) is 0 Å². The van der Waals surface area contributed by atoms with Gasteiger partial charge in [0.2, 0.25) is 0 Å². The third-order valence-electron chi connectivity index (χ3n) is 5.12. The van der Waals surface area contributed by atoms with Crippen LogP contribution in [0.1, 0.15) is 29.7 Å². The number of halogens is 2. The summed E-state index contributed by atoms with van der Waals surface area (Å²) in [5, 5.41) is 11.9. The highest BCUT2D eigenvalue weighted by molar-refractivity contribution is 6.04. The van der Waals surface area contributed by atoms with Crippen LogP contribution in [-0.2, 0) is 16.8 Å². The fourth-order valence-electron chi connectivity index (χ4n) is 3.65. The Labute approximate surface area is 182 Å². The van der Waals surface area contributed by atoms with Crippen molar-refractivity contribution in [1.29, 1.82) is 0 Å². The van der Waals surface area contributed by atoms with Gasteiger partial charge in [0.15, 0.2) is 0 Å². The molecular formula is C21H22F2N6O3. The van der Waals surface area contributed by atoms with Gasteiger partial charge in [0.1, 0.15) is 18.2 Å². The Morgan fingerprint density at radius 2 is 2.16 bits per heavy atom. The normalized spacial score (nSPS) is 14.2. The van der Waals surface area contributed by atoms with Crippen LogP contribution in [0.2, 0.25) is 0 Å². The number of alkyl halides is 2. The molecule has 1 aromatic carbocycles. The largest absolute Gasteiger partial charge is 0.349 e. The van der Waals surface area contributed by atoms with Gasteiger partial charge in [-0.1, -0.05) is 18.2 Å². The molecule has 9 nitrogen and oxygen atoms in total. The number of nitrogens with one attached hydrogen (secondary N) is 1. The molecule has 2 aromatic heterocycles. The second-order valence-corrected chi connectivity index (χ2v) is 7.30. The van der Waals surface area contributed by atoms with Gasteiger partial charge in [-0.05, 0) is 31.0 Å². The van der Waals surface area contributed by atoms with Crippen molar-refractivity contribution in [1.82, 2.24) is 24.9 Å². The molecule has 0 fully saturated rings. The predicted molar refractivity (Wildman–Crippen MR) is 112 cm³/mol. The molecule has 3 aromatic rings. The molecule has 3 N–H and O–H groups in total. The molecule has 1 aliphatic heterocycles. The maximum absolute atomic E-state index is 13.5. The van der Waals surface area contributed by atoms with Crippen molar-refractivity contribution in [2.45, 2.75) is 25.4 Å². The van der Waals surface area contributed by atoms with E-state index >= 15 is 0 Å². The molecule has 1 amide bonds. The first-order valence-electron chi connectivity index (χ1n) is 9.95. The lowest BCUT2D eigenvalue weighted by Crippen LogP contribution is -2.36. The summed E-state index contributed by atoms with van der Waals surface area (Å²) < 4.78 is 29.0. The number of hydrogen-bond acceptors (Lipinski definition) is 6. The topological polar surface area (TPSA) is 109 Å². The molecule has 0 saturated carbocycles. The number of amides is 1.